The molecule has 1 aliphatic carbocycles. The average molecular weight is 240 g/mol. The minimum Gasteiger partial charge on any atom is -0.365 e. The third-order valence-electron chi connectivity index (χ3n) is 2.76. The summed E-state index contributed by atoms with van der Waals surface area (Å²) in [6, 6.07) is 0.441. The number of amides is 1. The van der Waals surface area contributed by atoms with Crippen LogP contribution in [-0.4, -0.2) is 30.0 Å². The maximum Gasteiger partial charge on any atom is 0.271 e. The van der Waals surface area contributed by atoms with Crippen molar-refractivity contribution in [3.8, 4) is 0 Å². The van der Waals surface area contributed by atoms with Crippen molar-refractivity contribution in [2.75, 3.05) is 12.4 Å². The first-order valence-corrected chi connectivity index (χ1v) is 6.26. The third-order valence-corrected chi connectivity index (χ3v) is 3.62. The predicted octanol–water partition coefficient (Wildman–Crippen LogP) is 0.794. The second-order valence-corrected chi connectivity index (χ2v) is 4.89. The highest BCUT2D eigenvalue weighted by Gasteiger charge is 2.24. The lowest BCUT2D eigenvalue weighted by atomic mass is 10.2. The molecule has 0 aliphatic heterocycles. The van der Waals surface area contributed by atoms with Crippen molar-refractivity contribution < 1.29 is 4.79 Å². The number of hydrogen-bond acceptors (Lipinski definition) is 5. The Morgan fingerprint density at radius 1 is 1.62 bits per heavy atom. The second-order valence-electron chi connectivity index (χ2n) is 4.03. The molecule has 0 radical (unpaired) electrons. The van der Waals surface area contributed by atoms with E-state index in [1.54, 1.807) is 12.4 Å². The largest absolute Gasteiger partial charge is 0.365 e. The number of carbonyl (C=O) groups excluding carboxylic acids is 1. The Balaban J connectivity index is 1.92. The molecule has 2 atom stereocenters. The van der Waals surface area contributed by atoms with Crippen LogP contribution in [0, 0.1) is 0 Å². The maximum atomic E-state index is 11.8. The van der Waals surface area contributed by atoms with Gasteiger partial charge in [0, 0.05) is 24.5 Å². The van der Waals surface area contributed by atoms with Crippen molar-refractivity contribution >= 4 is 22.4 Å². The Bertz CT molecular complexity index is 379. The Kier molecular flexibility index (Phi) is 3.40. The molecule has 6 heteroatoms. The molecule has 1 fully saturated rings. The van der Waals surface area contributed by atoms with Gasteiger partial charge in [0.25, 0.3) is 5.91 Å². The minimum atomic E-state index is -0.100. The first-order chi connectivity index (χ1) is 7.69. The van der Waals surface area contributed by atoms with Gasteiger partial charge in [-0.1, -0.05) is 0 Å². The summed E-state index contributed by atoms with van der Waals surface area (Å²) in [6.07, 6.45) is 2.83. The van der Waals surface area contributed by atoms with Crippen LogP contribution in [-0.2, 0) is 0 Å². The van der Waals surface area contributed by atoms with Crippen LogP contribution in [0.2, 0.25) is 0 Å². The molecule has 0 spiro atoms. The van der Waals surface area contributed by atoms with E-state index in [1.165, 1.54) is 11.3 Å². The zero-order chi connectivity index (χ0) is 11.5. The summed E-state index contributed by atoms with van der Waals surface area (Å²) in [5.41, 5.74) is 6.27. The highest BCUT2D eigenvalue weighted by atomic mass is 32.1. The summed E-state index contributed by atoms with van der Waals surface area (Å²) in [4.78, 5) is 16.0. The fourth-order valence-electron chi connectivity index (χ4n) is 1.90. The van der Waals surface area contributed by atoms with Gasteiger partial charge in [0.05, 0.1) is 0 Å². The summed E-state index contributed by atoms with van der Waals surface area (Å²) in [7, 11) is 1.79. The van der Waals surface area contributed by atoms with E-state index < -0.39 is 0 Å². The molecular formula is C10H16N4OS. The molecule has 88 valence electrons. The number of rotatable bonds is 3. The third kappa shape index (κ3) is 2.51. The van der Waals surface area contributed by atoms with Crippen LogP contribution >= 0.6 is 11.3 Å². The van der Waals surface area contributed by atoms with Crippen molar-refractivity contribution in [1.82, 2.24) is 10.3 Å². The van der Waals surface area contributed by atoms with E-state index in [4.69, 9.17) is 5.73 Å². The molecule has 0 aromatic carbocycles. The van der Waals surface area contributed by atoms with Crippen molar-refractivity contribution in [2.24, 2.45) is 5.73 Å². The molecule has 5 nitrogen and oxygen atoms in total. The van der Waals surface area contributed by atoms with Gasteiger partial charge in [-0.15, -0.1) is 11.3 Å². The standard InChI is InChI=1S/C10H16N4OS/c1-12-10-14-8(5-16-10)9(15)13-7-3-2-6(11)4-7/h5-7H,2-4,11H2,1H3,(H,12,14)(H,13,15)/t6-,7-/m0/s1. The van der Waals surface area contributed by atoms with Gasteiger partial charge in [0.15, 0.2) is 5.13 Å². The van der Waals surface area contributed by atoms with Crippen LogP contribution in [0.5, 0.6) is 0 Å². The summed E-state index contributed by atoms with van der Waals surface area (Å²) < 4.78 is 0. The maximum absolute atomic E-state index is 11.8. The Morgan fingerprint density at radius 3 is 3.00 bits per heavy atom. The molecule has 1 amide bonds. The zero-order valence-electron chi connectivity index (χ0n) is 9.19. The lowest BCUT2D eigenvalue weighted by molar-refractivity contribution is 0.0933. The zero-order valence-corrected chi connectivity index (χ0v) is 10.0. The first-order valence-electron chi connectivity index (χ1n) is 5.38. The molecule has 4 N–H and O–H groups in total. The number of nitrogens with zero attached hydrogens (tertiary/aromatic N) is 1. The van der Waals surface area contributed by atoms with Gasteiger partial charge < -0.3 is 16.4 Å². The molecule has 1 heterocycles. The van der Waals surface area contributed by atoms with E-state index in [0.29, 0.717) is 5.69 Å². The highest BCUT2D eigenvalue weighted by molar-refractivity contribution is 7.13. The van der Waals surface area contributed by atoms with Gasteiger partial charge in [-0.05, 0) is 19.3 Å². The quantitative estimate of drug-likeness (QED) is 0.730. The predicted molar refractivity (Wildman–Crippen MR) is 64.7 cm³/mol. The lowest BCUT2D eigenvalue weighted by Gasteiger charge is -2.10. The molecule has 1 saturated carbocycles. The normalized spacial score (nSPS) is 24.4. The van der Waals surface area contributed by atoms with E-state index in [2.05, 4.69) is 15.6 Å². The molecular weight excluding hydrogens is 224 g/mol. The van der Waals surface area contributed by atoms with E-state index in [0.717, 1.165) is 24.4 Å². The molecule has 0 unspecified atom stereocenters. The van der Waals surface area contributed by atoms with Gasteiger partial charge in [-0.3, -0.25) is 4.79 Å². The molecule has 1 aromatic rings. The summed E-state index contributed by atoms with van der Waals surface area (Å²) in [5.74, 6) is -0.100. The number of aromatic nitrogens is 1. The van der Waals surface area contributed by atoms with Crippen LogP contribution in [0.15, 0.2) is 5.38 Å². The highest BCUT2D eigenvalue weighted by Crippen LogP contribution is 2.19. The van der Waals surface area contributed by atoms with E-state index >= 15 is 0 Å². The molecule has 16 heavy (non-hydrogen) atoms. The number of carbonyl (C=O) groups is 1. The second kappa shape index (κ2) is 4.80. The SMILES string of the molecule is CNc1nc(C(=O)N[C@H]2CC[C@H](N)C2)cs1. The average Bonchev–Trinajstić information content (AvgIpc) is 2.87. The van der Waals surface area contributed by atoms with Crippen LogP contribution in [0.1, 0.15) is 29.8 Å². The Hall–Kier alpha value is -1.14. The van der Waals surface area contributed by atoms with E-state index in [1.807, 2.05) is 0 Å². The lowest BCUT2D eigenvalue weighted by Crippen LogP contribution is -2.34. The Labute approximate surface area is 98.4 Å². The van der Waals surface area contributed by atoms with Crippen molar-refractivity contribution in [3.05, 3.63) is 11.1 Å². The first kappa shape index (κ1) is 11.3. The van der Waals surface area contributed by atoms with Gasteiger partial charge in [0.2, 0.25) is 0 Å². The monoisotopic (exact) mass is 240 g/mol. The summed E-state index contributed by atoms with van der Waals surface area (Å²) >= 11 is 1.43. The fraction of sp³-hybridized carbons (Fsp3) is 0.600. The topological polar surface area (TPSA) is 80.0 Å². The van der Waals surface area contributed by atoms with Gasteiger partial charge in [-0.2, -0.15) is 0 Å². The van der Waals surface area contributed by atoms with E-state index in [9.17, 15) is 4.79 Å². The molecule has 2 rings (SSSR count). The fourth-order valence-corrected chi connectivity index (χ4v) is 2.55. The van der Waals surface area contributed by atoms with Gasteiger partial charge >= 0.3 is 0 Å². The van der Waals surface area contributed by atoms with Crippen LogP contribution in [0.3, 0.4) is 0 Å². The van der Waals surface area contributed by atoms with Crippen LogP contribution < -0.4 is 16.4 Å². The van der Waals surface area contributed by atoms with Crippen LogP contribution in [0.4, 0.5) is 5.13 Å². The van der Waals surface area contributed by atoms with E-state index in [-0.39, 0.29) is 18.0 Å². The molecule has 0 saturated heterocycles. The van der Waals surface area contributed by atoms with Gasteiger partial charge in [-0.25, -0.2) is 4.98 Å². The number of hydrogen-bond donors (Lipinski definition) is 3. The van der Waals surface area contributed by atoms with Crippen molar-refractivity contribution in [2.45, 2.75) is 31.3 Å². The number of anilines is 1. The molecule has 1 aliphatic rings. The smallest absolute Gasteiger partial charge is 0.271 e. The molecule has 0 bridgehead atoms. The number of thiazole rings is 1. The summed E-state index contributed by atoms with van der Waals surface area (Å²) in [5, 5.41) is 8.39. The van der Waals surface area contributed by atoms with Crippen LogP contribution in [0.25, 0.3) is 0 Å². The number of nitrogens with one attached hydrogen (secondary N) is 2. The Morgan fingerprint density at radius 2 is 2.44 bits per heavy atom. The van der Waals surface area contributed by atoms with Crippen molar-refractivity contribution in [3.63, 3.8) is 0 Å². The summed E-state index contributed by atoms with van der Waals surface area (Å²) in [6.45, 7) is 0. The van der Waals surface area contributed by atoms with Crippen molar-refractivity contribution in [1.29, 1.82) is 0 Å². The van der Waals surface area contributed by atoms with Gasteiger partial charge in [0.1, 0.15) is 5.69 Å². The molecule has 1 aromatic heterocycles. The number of nitrogens with two attached hydrogens (primary N) is 1. The minimum absolute atomic E-state index is 0.100.